The lowest BCUT2D eigenvalue weighted by Gasteiger charge is -2.35. The Kier molecular flexibility index (Phi) is 51.3. The highest BCUT2D eigenvalue weighted by molar-refractivity contribution is 7.16. The summed E-state index contributed by atoms with van der Waals surface area (Å²) in [6, 6.07) is 43.2. The van der Waals surface area contributed by atoms with E-state index in [0.717, 1.165) is 101 Å². The van der Waals surface area contributed by atoms with Crippen LogP contribution in [0.15, 0.2) is 146 Å². The van der Waals surface area contributed by atoms with Crippen LogP contribution < -0.4 is 44.4 Å². The minimum absolute atomic E-state index is 0.0150. The summed E-state index contributed by atoms with van der Waals surface area (Å²) >= 11 is 2.41. The molecule has 4 aliphatic rings. The predicted octanol–water partition coefficient (Wildman–Crippen LogP) is 12.8. The Labute approximate surface area is 834 Å². The number of carbonyl (C=O) groups excluding carboxylic acids is 12. The number of aryl methyl sites for hydroxylation is 4. The number of benzene rings is 5. The molecule has 6 heterocycles. The highest BCUT2D eigenvalue weighted by atomic mass is 32.1. The first-order valence-corrected chi connectivity index (χ1v) is 49.7. The molecule has 4 aliphatic heterocycles. The number of amides is 8. The monoisotopic (exact) mass is 1980 g/mol. The topological polar surface area (TPSA) is 457 Å². The van der Waals surface area contributed by atoms with Gasteiger partial charge >= 0.3 is 30.3 Å². The number of nitrogens with zero attached hydrogens (tertiary/aromatic N) is 8. The van der Waals surface area contributed by atoms with Gasteiger partial charge in [-0.1, -0.05) is 88.4 Å². The smallest absolute Gasteiger partial charge is 0.410 e. The summed E-state index contributed by atoms with van der Waals surface area (Å²) in [6.07, 6.45) is 2.64. The molecule has 0 atom stereocenters. The normalized spacial score (nSPS) is 14.1. The van der Waals surface area contributed by atoms with E-state index in [1.807, 2.05) is 177 Å². The number of carbonyl (C=O) groups is 13. The molecule has 768 valence electrons. The number of Topliss-reactive ketones (excluding diaryl/α,β-unsaturated/α-hetero) is 4. The third kappa shape index (κ3) is 44.8. The molecule has 4 fully saturated rings. The first-order chi connectivity index (χ1) is 66.4. The van der Waals surface area contributed by atoms with E-state index >= 15 is 0 Å². The SMILES string of the molecule is CC.CC(=O)c1ccc(C(=O)CCc2ccc(C(=O)NCCN3CCN(C(=O)OC(C)(C)C)CC3)cc2)s1.CC(C)(C)OC(=O)N1CCN(CCNC(=O)c2ccc(CCC(=O)c3ccc(C(=O)CN)s3)cc2)CC1.CC(C)(C)OC(=O)N1CCN(CCNC(=O)c2ccc(CN)cc2)CC1.CCc1ccc(C(=O)NCCN2CCN(C(=O)OC(C)(C)C)CC2)cc1.CCc1ccc(C(=O)O)cc1.NN. The maximum Gasteiger partial charge on any atom is 0.410 e. The Balaban J connectivity index is 0.000000316. The van der Waals surface area contributed by atoms with Crippen LogP contribution in [0.3, 0.4) is 0 Å². The maximum atomic E-state index is 12.5. The van der Waals surface area contributed by atoms with Gasteiger partial charge in [-0.15, -0.1) is 22.7 Å². The number of thiophene rings is 2. The molecule has 2 aromatic heterocycles. The summed E-state index contributed by atoms with van der Waals surface area (Å²) in [7, 11) is 0. The average molecular weight is 1980 g/mol. The number of hydrogen-bond acceptors (Lipinski definition) is 27. The lowest BCUT2D eigenvalue weighted by atomic mass is 10.0. The van der Waals surface area contributed by atoms with Crippen molar-refractivity contribution in [3.63, 3.8) is 0 Å². The van der Waals surface area contributed by atoms with Crippen LogP contribution in [-0.2, 0) is 51.2 Å². The van der Waals surface area contributed by atoms with Crippen LogP contribution in [0.4, 0.5) is 19.2 Å². The number of ketones is 4. The van der Waals surface area contributed by atoms with E-state index < -0.39 is 28.4 Å². The van der Waals surface area contributed by atoms with Crippen molar-refractivity contribution in [3.05, 3.63) is 221 Å². The minimum atomic E-state index is -0.868. The lowest BCUT2D eigenvalue weighted by molar-refractivity contribution is 0.0137. The number of hydrogen-bond donors (Lipinski definition) is 9. The quantitative estimate of drug-likeness (QED) is 0.00843. The van der Waals surface area contributed by atoms with Gasteiger partial charge in [-0.05, 0) is 228 Å². The summed E-state index contributed by atoms with van der Waals surface area (Å²) in [5.74, 6) is 6.52. The van der Waals surface area contributed by atoms with E-state index in [0.29, 0.717) is 171 Å². The molecule has 8 amide bonds. The van der Waals surface area contributed by atoms with Gasteiger partial charge in [0.25, 0.3) is 23.6 Å². The third-order valence-electron chi connectivity index (χ3n) is 21.9. The van der Waals surface area contributed by atoms with Crippen molar-refractivity contribution < 1.29 is 86.4 Å². The molecule has 0 unspecified atom stereocenters. The van der Waals surface area contributed by atoms with Crippen molar-refractivity contribution in [2.24, 2.45) is 23.2 Å². The van der Waals surface area contributed by atoms with E-state index in [1.54, 1.807) is 92.4 Å². The van der Waals surface area contributed by atoms with Crippen molar-refractivity contribution in [3.8, 4) is 0 Å². The summed E-state index contributed by atoms with van der Waals surface area (Å²) in [5, 5.41) is 20.3. The molecule has 0 saturated carbocycles. The number of nitrogens with one attached hydrogen (secondary N) is 4. The second-order valence-corrected chi connectivity index (χ2v) is 39.5. The van der Waals surface area contributed by atoms with E-state index in [4.69, 9.17) is 35.5 Å². The Morgan fingerprint density at radius 2 is 0.543 bits per heavy atom. The zero-order chi connectivity index (χ0) is 104. The zero-order valence-electron chi connectivity index (χ0n) is 85.1. The van der Waals surface area contributed by atoms with Crippen LogP contribution >= 0.6 is 22.7 Å². The van der Waals surface area contributed by atoms with Gasteiger partial charge in [0.05, 0.1) is 31.6 Å². The number of carboxylic acids is 1. The first kappa shape index (κ1) is 119. The van der Waals surface area contributed by atoms with Crippen LogP contribution in [0.25, 0.3) is 0 Å². The van der Waals surface area contributed by atoms with Gasteiger partial charge in [0, 0.05) is 199 Å². The molecule has 4 saturated heterocycles. The summed E-state index contributed by atoms with van der Waals surface area (Å²) in [5.41, 5.74) is 17.1. The molecule has 7 aromatic rings. The molecule has 11 rings (SSSR count). The molecule has 36 heteroatoms. The second-order valence-electron chi connectivity index (χ2n) is 37.3. The van der Waals surface area contributed by atoms with Crippen LogP contribution in [0.1, 0.15) is 249 Å². The third-order valence-corrected chi connectivity index (χ3v) is 24.3. The average Bonchev–Trinajstić information content (AvgIpc) is 1.59. The Morgan fingerprint density at radius 3 is 0.757 bits per heavy atom. The predicted molar refractivity (Wildman–Crippen MR) is 549 cm³/mol. The standard InChI is InChI=1S/C27H36N4O5S.C27H35N3O5S.C20H31N3O3.C19H30N4O3.C9H10O2.C2H6.H4N2/c1-27(2,3)36-26(35)31-16-14-30(15-17-31)13-12-29-25(34)20-7-4-19(5-8-20)6-9-21(32)23-10-11-24(37-23)22(33)18-28;1-19(31)23-11-12-24(36-23)22(32)10-7-20-5-8-21(9-6-20)25(33)28-13-14-29-15-17-30(18-16-29)26(34)35-27(2,3)4;1-5-16-6-8-17(9-7-16)18(24)21-10-11-22-12-14-23(15-13-22)19(25)26-20(2,3)4;1-19(2,3)26-18(25)23-12-10-22(11-13-23)9-8-21-17(24)16-6-4-15(14-20)5-7-16;1-2-7-3-5-8(6-4-7)9(10)11;2*1-2/h4-5,7-8,10-11H,6,9,12-18,28H2,1-3H3,(H,29,34);5-6,8-9,11-12H,7,10,13-18H2,1-4H3,(H,28,33);6-9H,5,10-15H2,1-4H3,(H,21,24);4-7H,8-14,20H2,1-3H3,(H,21,24);3-6H,2H2,1H3,(H,10,11);1-2H3;1-2H2. The van der Waals surface area contributed by atoms with Crippen molar-refractivity contribution >= 4 is 99.8 Å². The van der Waals surface area contributed by atoms with Crippen molar-refractivity contribution in [2.45, 2.75) is 185 Å². The van der Waals surface area contributed by atoms with E-state index in [-0.39, 0.29) is 77.7 Å². The van der Waals surface area contributed by atoms with Gasteiger partial charge < -0.3 is 76.4 Å². The van der Waals surface area contributed by atoms with Crippen LogP contribution in [0.2, 0.25) is 0 Å². The molecule has 5 aromatic carbocycles. The number of rotatable bonds is 31. The fourth-order valence-corrected chi connectivity index (χ4v) is 15.8. The summed E-state index contributed by atoms with van der Waals surface area (Å²) in [6.45, 7) is 48.7. The molecule has 0 aliphatic carbocycles. The van der Waals surface area contributed by atoms with Crippen LogP contribution in [0.5, 0.6) is 0 Å². The zero-order valence-corrected chi connectivity index (χ0v) is 86.7. The number of piperazine rings is 4. The van der Waals surface area contributed by atoms with Gasteiger partial charge in [0.1, 0.15) is 22.4 Å². The molecule has 140 heavy (non-hydrogen) atoms. The first-order valence-electron chi connectivity index (χ1n) is 48.0. The summed E-state index contributed by atoms with van der Waals surface area (Å²) in [4.78, 5) is 174. The lowest BCUT2D eigenvalue weighted by Crippen LogP contribution is -2.51. The van der Waals surface area contributed by atoms with Crippen molar-refractivity contribution in [1.29, 1.82) is 0 Å². The Hall–Kier alpha value is -11.7. The van der Waals surface area contributed by atoms with Gasteiger partial charge in [-0.2, -0.15) is 0 Å². The number of nitrogens with two attached hydrogens (primary N) is 4. The molecule has 0 spiro atoms. The van der Waals surface area contributed by atoms with E-state index in [2.05, 4.69) is 59.5 Å². The van der Waals surface area contributed by atoms with Crippen molar-refractivity contribution in [1.82, 2.24) is 60.5 Å². The van der Waals surface area contributed by atoms with Crippen LogP contribution in [-0.4, -0.2) is 307 Å². The number of ether oxygens (including phenoxy) is 4. The highest BCUT2D eigenvalue weighted by Gasteiger charge is 2.31. The Bertz CT molecular complexity index is 4920. The fraction of sp³-hybridized carbons (Fsp3) is 0.510. The maximum absolute atomic E-state index is 12.5. The van der Waals surface area contributed by atoms with Gasteiger partial charge in [0.2, 0.25) is 0 Å². The van der Waals surface area contributed by atoms with E-state index in [1.165, 1.54) is 35.2 Å². The number of aromatic carboxylic acids is 1. The second kappa shape index (κ2) is 60.4. The van der Waals surface area contributed by atoms with E-state index in [9.17, 15) is 62.3 Å². The molecular weight excluding hydrogens is 1830 g/mol. The fourth-order valence-electron chi connectivity index (χ4n) is 14.0. The summed E-state index contributed by atoms with van der Waals surface area (Å²) < 4.78 is 21.6. The molecular formula is C104H152N16O18S2. The minimum Gasteiger partial charge on any atom is -0.478 e. The van der Waals surface area contributed by atoms with Crippen molar-refractivity contribution in [2.75, 3.05) is 164 Å². The molecule has 0 bridgehead atoms. The number of carboxylic acid groups (broad SMARTS) is 1. The molecule has 13 N–H and O–H groups in total. The Morgan fingerprint density at radius 1 is 0.321 bits per heavy atom. The molecule has 34 nitrogen and oxygen atoms in total. The van der Waals surface area contributed by atoms with Gasteiger partial charge in [-0.25, -0.2) is 24.0 Å². The van der Waals surface area contributed by atoms with Crippen LogP contribution in [0, 0.1) is 0 Å². The van der Waals surface area contributed by atoms with Gasteiger partial charge in [0.15, 0.2) is 23.1 Å². The largest absolute Gasteiger partial charge is 0.478 e. The van der Waals surface area contributed by atoms with Gasteiger partial charge in [-0.3, -0.25) is 69.6 Å². The highest BCUT2D eigenvalue weighted by Crippen LogP contribution is 2.24. The molecule has 0 radical (unpaired) electrons. The number of hydrazine groups is 1.